The first-order valence-electron chi connectivity index (χ1n) is 4.96. The molecule has 1 aliphatic rings. The Morgan fingerprint density at radius 3 is 2.44 bits per heavy atom. The number of hydrogen-bond acceptors (Lipinski definition) is 2. The van der Waals surface area contributed by atoms with Crippen molar-refractivity contribution in [2.24, 2.45) is 5.73 Å². The van der Waals surface area contributed by atoms with Crippen molar-refractivity contribution < 1.29 is 17.9 Å². The minimum absolute atomic E-state index is 0.0939. The molecule has 0 bridgehead atoms. The fraction of sp³-hybridized carbons (Fsp3) is 0.455. The van der Waals surface area contributed by atoms with Gasteiger partial charge in [-0.1, -0.05) is 0 Å². The maximum Gasteiger partial charge on any atom is 0.168 e. The Bertz CT molecular complexity index is 430. The lowest BCUT2D eigenvalue weighted by Crippen LogP contribution is -2.25. The second-order valence-electron chi connectivity index (χ2n) is 4.21. The summed E-state index contributed by atoms with van der Waals surface area (Å²) in [6, 6.07) is 0.480. The SMILES string of the molecule is COc1c(F)cc(F)c(F)c1CC1(N)CC1. The maximum absolute atomic E-state index is 13.5. The fourth-order valence-electron chi connectivity index (χ4n) is 1.70. The fourth-order valence-corrected chi connectivity index (χ4v) is 1.70. The van der Waals surface area contributed by atoms with E-state index >= 15 is 0 Å². The Hall–Kier alpha value is -1.23. The largest absolute Gasteiger partial charge is 0.493 e. The number of hydrogen-bond donors (Lipinski definition) is 1. The van der Waals surface area contributed by atoms with Crippen LogP contribution >= 0.6 is 0 Å². The first-order valence-corrected chi connectivity index (χ1v) is 4.96. The van der Waals surface area contributed by atoms with Crippen LogP contribution in [0.5, 0.6) is 5.75 Å². The summed E-state index contributed by atoms with van der Waals surface area (Å²) in [5.74, 6) is -3.44. The van der Waals surface area contributed by atoms with Gasteiger partial charge in [0.2, 0.25) is 0 Å². The Morgan fingerprint density at radius 1 is 1.31 bits per heavy atom. The molecule has 2 N–H and O–H groups in total. The quantitative estimate of drug-likeness (QED) is 0.809. The minimum Gasteiger partial charge on any atom is -0.493 e. The van der Waals surface area contributed by atoms with Gasteiger partial charge in [-0.2, -0.15) is 0 Å². The van der Waals surface area contributed by atoms with Gasteiger partial charge in [0.05, 0.1) is 7.11 Å². The zero-order valence-corrected chi connectivity index (χ0v) is 8.82. The van der Waals surface area contributed by atoms with Crippen molar-refractivity contribution in [3.63, 3.8) is 0 Å². The van der Waals surface area contributed by atoms with Crippen LogP contribution in [0.15, 0.2) is 6.07 Å². The van der Waals surface area contributed by atoms with Crippen molar-refractivity contribution >= 4 is 0 Å². The van der Waals surface area contributed by atoms with E-state index in [1.54, 1.807) is 0 Å². The van der Waals surface area contributed by atoms with Crippen molar-refractivity contribution in [1.82, 2.24) is 0 Å². The zero-order valence-electron chi connectivity index (χ0n) is 8.82. The number of methoxy groups -OCH3 is 1. The minimum atomic E-state index is -1.21. The normalized spacial score (nSPS) is 17.3. The van der Waals surface area contributed by atoms with Crippen LogP contribution < -0.4 is 10.5 Å². The van der Waals surface area contributed by atoms with E-state index < -0.39 is 23.0 Å². The Kier molecular flexibility index (Phi) is 2.58. The molecule has 0 radical (unpaired) electrons. The molecule has 2 rings (SSSR count). The number of ether oxygens (including phenoxy) is 1. The molecule has 0 spiro atoms. The predicted octanol–water partition coefficient (Wildman–Crippen LogP) is 2.15. The van der Waals surface area contributed by atoms with Crippen LogP contribution in [0, 0.1) is 17.5 Å². The van der Waals surface area contributed by atoms with Crippen LogP contribution in [0.4, 0.5) is 13.2 Å². The van der Waals surface area contributed by atoms with Crippen LogP contribution in [0.2, 0.25) is 0 Å². The van der Waals surface area contributed by atoms with Gasteiger partial charge in [-0.05, 0) is 19.3 Å². The van der Waals surface area contributed by atoms with Gasteiger partial charge in [0.25, 0.3) is 0 Å². The number of nitrogens with two attached hydrogens (primary N) is 1. The molecule has 1 aromatic carbocycles. The summed E-state index contributed by atoms with van der Waals surface area (Å²) in [5, 5.41) is 0. The lowest BCUT2D eigenvalue weighted by atomic mass is 10.0. The molecule has 0 aliphatic heterocycles. The summed E-state index contributed by atoms with van der Waals surface area (Å²) in [7, 11) is 1.22. The molecule has 88 valence electrons. The van der Waals surface area contributed by atoms with Crippen LogP contribution in [-0.2, 0) is 6.42 Å². The summed E-state index contributed by atoms with van der Waals surface area (Å²) >= 11 is 0. The molecular formula is C11H12F3NO. The number of rotatable bonds is 3. The first-order chi connectivity index (χ1) is 7.47. The zero-order chi connectivity index (χ0) is 11.9. The summed E-state index contributed by atoms with van der Waals surface area (Å²) in [6.07, 6.45) is 1.55. The second kappa shape index (κ2) is 3.66. The third kappa shape index (κ3) is 1.87. The molecule has 0 unspecified atom stereocenters. The van der Waals surface area contributed by atoms with E-state index in [0.717, 1.165) is 12.8 Å². The highest BCUT2D eigenvalue weighted by molar-refractivity contribution is 5.39. The lowest BCUT2D eigenvalue weighted by molar-refractivity contribution is 0.365. The molecule has 0 atom stereocenters. The molecule has 0 amide bonds. The van der Waals surface area contributed by atoms with Crippen LogP contribution in [0.25, 0.3) is 0 Å². The van der Waals surface area contributed by atoms with E-state index in [9.17, 15) is 13.2 Å². The number of benzene rings is 1. The van der Waals surface area contributed by atoms with Gasteiger partial charge in [-0.15, -0.1) is 0 Å². The molecule has 1 saturated carbocycles. The average Bonchev–Trinajstić information content (AvgIpc) is 2.93. The second-order valence-corrected chi connectivity index (χ2v) is 4.21. The topological polar surface area (TPSA) is 35.2 Å². The standard InChI is InChI=1S/C11H12F3NO/c1-16-10-6(5-11(15)2-3-11)9(14)7(12)4-8(10)13/h4H,2-3,5,15H2,1H3. The van der Waals surface area contributed by atoms with Crippen LogP contribution in [-0.4, -0.2) is 12.6 Å². The molecule has 16 heavy (non-hydrogen) atoms. The molecular weight excluding hydrogens is 219 g/mol. The summed E-state index contributed by atoms with van der Waals surface area (Å²) < 4.78 is 44.6. The van der Waals surface area contributed by atoms with Gasteiger partial charge in [0.1, 0.15) is 0 Å². The van der Waals surface area contributed by atoms with E-state index in [2.05, 4.69) is 0 Å². The smallest absolute Gasteiger partial charge is 0.168 e. The van der Waals surface area contributed by atoms with Gasteiger partial charge >= 0.3 is 0 Å². The van der Waals surface area contributed by atoms with E-state index in [0.29, 0.717) is 6.07 Å². The lowest BCUT2D eigenvalue weighted by Gasteiger charge is -2.14. The Morgan fingerprint density at radius 2 is 1.94 bits per heavy atom. The van der Waals surface area contributed by atoms with E-state index in [1.807, 2.05) is 0 Å². The predicted molar refractivity (Wildman–Crippen MR) is 52.7 cm³/mol. The van der Waals surface area contributed by atoms with Gasteiger partial charge in [-0.3, -0.25) is 0 Å². The Balaban J connectivity index is 2.47. The molecule has 0 heterocycles. The third-order valence-corrected chi connectivity index (χ3v) is 2.84. The van der Waals surface area contributed by atoms with Gasteiger partial charge in [0, 0.05) is 17.2 Å². The summed E-state index contributed by atoms with van der Waals surface area (Å²) in [4.78, 5) is 0. The van der Waals surface area contributed by atoms with E-state index in [4.69, 9.17) is 10.5 Å². The Labute approximate surface area is 91.2 Å². The highest BCUT2D eigenvalue weighted by Gasteiger charge is 2.40. The van der Waals surface area contributed by atoms with Crippen molar-refractivity contribution in [2.45, 2.75) is 24.8 Å². The van der Waals surface area contributed by atoms with Crippen molar-refractivity contribution in [3.8, 4) is 5.75 Å². The van der Waals surface area contributed by atoms with Crippen LogP contribution in [0.1, 0.15) is 18.4 Å². The molecule has 1 aliphatic carbocycles. The van der Waals surface area contributed by atoms with Crippen molar-refractivity contribution in [3.05, 3.63) is 29.1 Å². The third-order valence-electron chi connectivity index (χ3n) is 2.84. The maximum atomic E-state index is 13.5. The molecule has 1 aromatic rings. The first kappa shape index (κ1) is 11.3. The molecule has 0 aromatic heterocycles. The highest BCUT2D eigenvalue weighted by Crippen LogP contribution is 2.39. The molecule has 0 saturated heterocycles. The van der Waals surface area contributed by atoms with Crippen molar-refractivity contribution in [1.29, 1.82) is 0 Å². The summed E-state index contributed by atoms with van der Waals surface area (Å²) in [5.41, 5.74) is 5.16. The highest BCUT2D eigenvalue weighted by atomic mass is 19.2. The van der Waals surface area contributed by atoms with E-state index in [1.165, 1.54) is 7.11 Å². The van der Waals surface area contributed by atoms with Gasteiger partial charge in [0.15, 0.2) is 23.2 Å². The van der Waals surface area contributed by atoms with Crippen LogP contribution in [0.3, 0.4) is 0 Å². The van der Waals surface area contributed by atoms with Crippen molar-refractivity contribution in [2.75, 3.05) is 7.11 Å². The summed E-state index contributed by atoms with van der Waals surface area (Å²) in [6.45, 7) is 0. The van der Waals surface area contributed by atoms with Gasteiger partial charge < -0.3 is 10.5 Å². The van der Waals surface area contributed by atoms with E-state index in [-0.39, 0.29) is 17.7 Å². The number of halogens is 3. The molecule has 1 fully saturated rings. The molecule has 5 heteroatoms. The molecule has 2 nitrogen and oxygen atoms in total. The van der Waals surface area contributed by atoms with Gasteiger partial charge in [-0.25, -0.2) is 13.2 Å². The monoisotopic (exact) mass is 231 g/mol. The average molecular weight is 231 g/mol.